The van der Waals surface area contributed by atoms with Gasteiger partial charge in [0.05, 0.1) is 48.5 Å². The molecule has 2 fully saturated rings. The number of nitrogens with zero attached hydrogens (tertiary/aromatic N) is 3. The van der Waals surface area contributed by atoms with Crippen LogP contribution in [0.1, 0.15) is 75.6 Å². The van der Waals surface area contributed by atoms with Crippen LogP contribution in [-0.4, -0.2) is 109 Å². The number of β-amino-alcohol motifs (C(OH)–C–C–N with tert-alkyl or cyclic N) is 1. The number of phenols is 1. The molecule has 0 aliphatic carbocycles. The molecule has 4 atom stereocenters. The van der Waals surface area contributed by atoms with Gasteiger partial charge >= 0.3 is 0 Å². The summed E-state index contributed by atoms with van der Waals surface area (Å²) in [6.45, 7) is 10.6. The molecule has 0 spiro atoms. The van der Waals surface area contributed by atoms with E-state index in [1.807, 2.05) is 45.9 Å². The summed E-state index contributed by atoms with van der Waals surface area (Å²) in [5, 5.41) is 36.3. The van der Waals surface area contributed by atoms with E-state index in [0.717, 1.165) is 58.6 Å². The number of aromatic hydroxyl groups is 1. The maximum absolute atomic E-state index is 13.9. The van der Waals surface area contributed by atoms with E-state index >= 15 is 0 Å². The van der Waals surface area contributed by atoms with Crippen LogP contribution in [0.4, 0.5) is 4.39 Å². The van der Waals surface area contributed by atoms with Crippen LogP contribution in [0.15, 0.2) is 91.0 Å². The predicted octanol–water partition coefficient (Wildman–Crippen LogP) is 7.66. The first-order chi connectivity index (χ1) is 31.7. The minimum atomic E-state index is -0.974. The zero-order chi connectivity index (χ0) is 47.0. The number of rotatable bonds is 17. The highest BCUT2D eigenvalue weighted by Crippen LogP contribution is 2.47. The first-order valence-electron chi connectivity index (χ1n) is 22.4. The SMILES string of the molecule is C[C@H](NC(=O)[C@@H]1C[C@@H](O)CN1C(=O)[C@@H](NC(=O)COCCOCCN1CCC(c2ccc(Oc3c(-c4ccc(F)cc4)sc4cc(O)ccc34)cc2)CC1)C(C)(C)C)c1ccc(C#N)cc1. The number of phenolic OH excluding ortho intramolecular Hbond substituents is 1. The van der Waals surface area contributed by atoms with Crippen molar-refractivity contribution in [2.75, 3.05) is 52.6 Å². The molecule has 0 radical (unpaired) electrons. The molecular weight excluding hydrogens is 862 g/mol. The van der Waals surface area contributed by atoms with Gasteiger partial charge in [0.2, 0.25) is 17.7 Å². The third kappa shape index (κ3) is 12.1. The molecule has 66 heavy (non-hydrogen) atoms. The molecule has 5 aromatic rings. The number of hydrogen-bond acceptors (Lipinski definition) is 11. The maximum atomic E-state index is 13.9. The molecule has 3 heterocycles. The number of ether oxygens (including phenoxy) is 3. The highest BCUT2D eigenvalue weighted by molar-refractivity contribution is 7.22. The zero-order valence-corrected chi connectivity index (χ0v) is 38.6. The largest absolute Gasteiger partial charge is 0.508 e. The number of aliphatic hydroxyl groups excluding tert-OH is 1. The van der Waals surface area contributed by atoms with E-state index in [4.69, 9.17) is 19.5 Å². The maximum Gasteiger partial charge on any atom is 0.246 e. The van der Waals surface area contributed by atoms with Gasteiger partial charge in [0.1, 0.15) is 36.0 Å². The Bertz CT molecular complexity index is 2500. The normalized spacial score (nSPS) is 17.9. The number of halogens is 1. The number of aliphatic hydroxyl groups is 1. The van der Waals surface area contributed by atoms with E-state index in [9.17, 15) is 29.0 Å². The number of nitrogens with one attached hydrogen (secondary N) is 2. The molecule has 0 unspecified atom stereocenters. The molecule has 4 N–H and O–H groups in total. The van der Waals surface area contributed by atoms with Gasteiger partial charge in [-0.15, -0.1) is 11.3 Å². The Labute approximate surface area is 389 Å². The lowest BCUT2D eigenvalue weighted by atomic mass is 9.85. The highest BCUT2D eigenvalue weighted by Gasteiger charge is 2.44. The molecule has 2 aliphatic rings. The van der Waals surface area contributed by atoms with E-state index in [0.29, 0.717) is 36.2 Å². The number of piperidine rings is 1. The number of likely N-dealkylation sites (tertiary alicyclic amines) is 2. The number of benzene rings is 4. The fourth-order valence-electron chi connectivity index (χ4n) is 8.51. The fourth-order valence-corrected chi connectivity index (χ4v) is 9.68. The monoisotopic (exact) mass is 919 g/mol. The van der Waals surface area contributed by atoms with Crippen molar-refractivity contribution < 1.29 is 43.2 Å². The Balaban J connectivity index is 0.808. The van der Waals surface area contributed by atoms with E-state index < -0.39 is 47.4 Å². The van der Waals surface area contributed by atoms with Crippen LogP contribution in [0, 0.1) is 22.6 Å². The van der Waals surface area contributed by atoms with Crippen LogP contribution < -0.4 is 15.4 Å². The Morgan fingerprint density at radius 2 is 1.62 bits per heavy atom. The van der Waals surface area contributed by atoms with Gasteiger partial charge in [0, 0.05) is 29.6 Å². The minimum Gasteiger partial charge on any atom is -0.508 e. The Morgan fingerprint density at radius 1 is 0.924 bits per heavy atom. The number of thiophene rings is 1. The third-order valence-electron chi connectivity index (χ3n) is 12.2. The summed E-state index contributed by atoms with van der Waals surface area (Å²) in [7, 11) is 0. The Morgan fingerprint density at radius 3 is 2.30 bits per heavy atom. The minimum absolute atomic E-state index is 0.0348. The van der Waals surface area contributed by atoms with Gasteiger partial charge in [-0.3, -0.25) is 14.4 Å². The van der Waals surface area contributed by atoms with Crippen molar-refractivity contribution in [3.05, 3.63) is 114 Å². The number of amides is 3. The van der Waals surface area contributed by atoms with Crippen molar-refractivity contribution in [1.29, 1.82) is 5.26 Å². The second kappa shape index (κ2) is 21.6. The van der Waals surface area contributed by atoms with Crippen molar-refractivity contribution in [3.8, 4) is 33.8 Å². The van der Waals surface area contributed by atoms with Crippen LogP contribution >= 0.6 is 11.3 Å². The highest BCUT2D eigenvalue weighted by atomic mass is 32.1. The van der Waals surface area contributed by atoms with Crippen molar-refractivity contribution in [2.24, 2.45) is 5.41 Å². The molecule has 0 bridgehead atoms. The van der Waals surface area contributed by atoms with Gasteiger partial charge in [0.25, 0.3) is 0 Å². The Kier molecular flexibility index (Phi) is 15.7. The first kappa shape index (κ1) is 48.1. The van der Waals surface area contributed by atoms with Crippen LogP contribution in [0.2, 0.25) is 0 Å². The summed E-state index contributed by atoms with van der Waals surface area (Å²) in [5.74, 6) is 0.307. The molecule has 348 valence electrons. The molecule has 0 saturated carbocycles. The molecule has 3 amide bonds. The van der Waals surface area contributed by atoms with Crippen molar-refractivity contribution in [2.45, 2.75) is 77.1 Å². The Hall–Kier alpha value is -5.89. The van der Waals surface area contributed by atoms with E-state index in [1.165, 1.54) is 33.9 Å². The summed E-state index contributed by atoms with van der Waals surface area (Å²) in [4.78, 5) is 45.0. The summed E-state index contributed by atoms with van der Waals surface area (Å²) in [6, 6.07) is 26.4. The van der Waals surface area contributed by atoms with Crippen LogP contribution in [-0.2, 0) is 23.9 Å². The van der Waals surface area contributed by atoms with Crippen LogP contribution in [0.25, 0.3) is 20.5 Å². The van der Waals surface area contributed by atoms with Gasteiger partial charge in [0.15, 0.2) is 5.75 Å². The summed E-state index contributed by atoms with van der Waals surface area (Å²) < 4.78 is 32.5. The van der Waals surface area contributed by atoms with E-state index in [-0.39, 0.29) is 37.7 Å². The molecule has 2 saturated heterocycles. The van der Waals surface area contributed by atoms with E-state index in [1.54, 1.807) is 48.5 Å². The number of nitriles is 1. The molecular formula is C51H58FN5O8S. The molecule has 15 heteroatoms. The summed E-state index contributed by atoms with van der Waals surface area (Å²) >= 11 is 1.49. The third-order valence-corrected chi connectivity index (χ3v) is 13.4. The van der Waals surface area contributed by atoms with Gasteiger partial charge in [-0.25, -0.2) is 4.39 Å². The average molecular weight is 920 g/mol. The second-order valence-corrected chi connectivity index (χ2v) is 19.2. The molecule has 1 aromatic heterocycles. The topological polar surface area (TPSA) is 174 Å². The smallest absolute Gasteiger partial charge is 0.246 e. The standard InChI is InChI=1S/C51H58FN5O8S/c1-32(34-7-5-33(29-53)6-8-34)54-49(61)43-27-40(59)30-57(43)50(62)48(51(2,3)4)55-45(60)31-64-26-25-63-24-23-56-21-19-36(20-22-56)35-11-16-41(17-12-35)65-46-42-18-15-39(58)28-44(42)66-47(46)37-9-13-38(52)14-10-37/h5-18,28,32,36,40,43,48,58-59H,19-27,30-31H2,1-4H3,(H,54,61)(H,55,60)/t32-,40+,43-,48+/m0/s1. The molecule has 13 nitrogen and oxygen atoms in total. The number of hydrogen-bond donors (Lipinski definition) is 4. The number of carbonyl (C=O) groups excluding carboxylic acids is 3. The van der Waals surface area contributed by atoms with Crippen LogP contribution in [0.5, 0.6) is 17.2 Å². The molecule has 4 aromatic carbocycles. The fraction of sp³-hybridized carbons (Fsp3) is 0.412. The molecule has 2 aliphatic heterocycles. The number of carbonyl (C=O) groups is 3. The summed E-state index contributed by atoms with van der Waals surface area (Å²) in [5.41, 5.74) is 2.68. The summed E-state index contributed by atoms with van der Waals surface area (Å²) in [6.07, 6.45) is 1.20. The number of fused-ring (bicyclic) bond motifs is 1. The lowest BCUT2D eigenvalue weighted by Gasteiger charge is -2.35. The van der Waals surface area contributed by atoms with Crippen LogP contribution in [0.3, 0.4) is 0 Å². The first-order valence-corrected chi connectivity index (χ1v) is 23.2. The van der Waals surface area contributed by atoms with Crippen molar-refractivity contribution in [1.82, 2.24) is 20.4 Å². The van der Waals surface area contributed by atoms with Gasteiger partial charge < -0.3 is 44.9 Å². The van der Waals surface area contributed by atoms with Gasteiger partial charge in [-0.2, -0.15) is 5.26 Å². The lowest BCUT2D eigenvalue weighted by Crippen LogP contribution is -2.58. The van der Waals surface area contributed by atoms with Crippen molar-refractivity contribution in [3.63, 3.8) is 0 Å². The predicted molar refractivity (Wildman–Crippen MR) is 251 cm³/mol. The lowest BCUT2D eigenvalue weighted by molar-refractivity contribution is -0.144. The quantitative estimate of drug-likeness (QED) is 0.0679. The van der Waals surface area contributed by atoms with Crippen molar-refractivity contribution >= 4 is 39.1 Å². The molecule has 7 rings (SSSR count). The van der Waals surface area contributed by atoms with Gasteiger partial charge in [-0.05, 0) is 115 Å². The second-order valence-electron chi connectivity index (χ2n) is 18.1. The average Bonchev–Trinajstić information content (AvgIpc) is 3.87. The van der Waals surface area contributed by atoms with Gasteiger partial charge in [-0.1, -0.05) is 57.2 Å². The van der Waals surface area contributed by atoms with E-state index in [2.05, 4.69) is 33.7 Å². The zero-order valence-electron chi connectivity index (χ0n) is 37.8.